The highest BCUT2D eigenvalue weighted by Gasteiger charge is 2.11. The Hall–Kier alpha value is -2.13. The Morgan fingerprint density at radius 1 is 0.905 bits per heavy atom. The number of aryl methyl sites for hydroxylation is 2. The van der Waals surface area contributed by atoms with Crippen LogP contribution in [0, 0.1) is 0 Å². The topological polar surface area (TPSA) is 63.3 Å². The highest BCUT2D eigenvalue weighted by molar-refractivity contribution is 5.73. The van der Waals surface area contributed by atoms with Crippen molar-refractivity contribution in [3.63, 3.8) is 0 Å². The predicted molar refractivity (Wildman–Crippen MR) is 84.2 cm³/mol. The van der Waals surface area contributed by atoms with Gasteiger partial charge in [-0.25, -0.2) is 0 Å². The normalized spacial score (nSPS) is 12.0. The summed E-state index contributed by atoms with van der Waals surface area (Å²) in [7, 11) is 0. The van der Waals surface area contributed by atoms with Gasteiger partial charge in [0.2, 0.25) is 0 Å². The molecule has 0 heterocycles. The van der Waals surface area contributed by atoms with Crippen LogP contribution in [0.25, 0.3) is 0 Å². The summed E-state index contributed by atoms with van der Waals surface area (Å²) in [5.41, 5.74) is 9.14. The van der Waals surface area contributed by atoms with Crippen molar-refractivity contribution in [3.8, 4) is 0 Å². The van der Waals surface area contributed by atoms with E-state index in [2.05, 4.69) is 36.4 Å². The van der Waals surface area contributed by atoms with Crippen molar-refractivity contribution in [2.24, 2.45) is 5.73 Å². The Kier molecular flexibility index (Phi) is 5.52. The van der Waals surface area contributed by atoms with Crippen molar-refractivity contribution >= 4 is 5.97 Å². The van der Waals surface area contributed by atoms with E-state index in [-0.39, 0.29) is 0 Å². The molecule has 0 saturated heterocycles. The summed E-state index contributed by atoms with van der Waals surface area (Å²) in [6.07, 6.45) is 3.59. The van der Waals surface area contributed by atoms with Gasteiger partial charge in [-0.2, -0.15) is 0 Å². The largest absolute Gasteiger partial charge is 0.480 e. The van der Waals surface area contributed by atoms with Crippen LogP contribution in [-0.4, -0.2) is 17.1 Å². The minimum atomic E-state index is -0.957. The van der Waals surface area contributed by atoms with Gasteiger partial charge in [-0.15, -0.1) is 0 Å². The smallest absolute Gasteiger partial charge is 0.320 e. The predicted octanol–water partition coefficient (Wildman–Crippen LogP) is 2.82. The van der Waals surface area contributed by atoms with E-state index in [9.17, 15) is 4.79 Å². The third-order valence-electron chi connectivity index (χ3n) is 3.57. The maximum atomic E-state index is 10.7. The molecule has 1 atom stereocenters. The van der Waals surface area contributed by atoms with E-state index in [1.54, 1.807) is 0 Å². The summed E-state index contributed by atoms with van der Waals surface area (Å²) >= 11 is 0. The molecule has 0 amide bonds. The van der Waals surface area contributed by atoms with Crippen LogP contribution in [0.15, 0.2) is 54.6 Å². The fourth-order valence-corrected chi connectivity index (χ4v) is 2.32. The summed E-state index contributed by atoms with van der Waals surface area (Å²) < 4.78 is 0. The first kappa shape index (κ1) is 15.3. The van der Waals surface area contributed by atoms with E-state index in [4.69, 9.17) is 10.8 Å². The second kappa shape index (κ2) is 7.60. The third-order valence-corrected chi connectivity index (χ3v) is 3.57. The number of aliphatic carboxylic acids is 1. The van der Waals surface area contributed by atoms with Crippen LogP contribution in [0.2, 0.25) is 0 Å². The first-order valence-electron chi connectivity index (χ1n) is 7.25. The minimum absolute atomic E-state index is 0.375. The zero-order valence-corrected chi connectivity index (χ0v) is 12.0. The zero-order chi connectivity index (χ0) is 15.1. The monoisotopic (exact) mass is 283 g/mol. The number of benzene rings is 2. The van der Waals surface area contributed by atoms with E-state index in [0.29, 0.717) is 6.42 Å². The molecule has 2 aromatic rings. The Bertz CT molecular complexity index is 564. The zero-order valence-electron chi connectivity index (χ0n) is 12.0. The van der Waals surface area contributed by atoms with Crippen molar-refractivity contribution in [1.29, 1.82) is 0 Å². The maximum Gasteiger partial charge on any atom is 0.320 e. The van der Waals surface area contributed by atoms with Gasteiger partial charge in [-0.05, 0) is 42.4 Å². The molecule has 0 bridgehead atoms. The molecule has 110 valence electrons. The van der Waals surface area contributed by atoms with Crippen LogP contribution >= 0.6 is 0 Å². The fourth-order valence-electron chi connectivity index (χ4n) is 2.32. The van der Waals surface area contributed by atoms with Gasteiger partial charge in [0.1, 0.15) is 6.04 Å². The van der Waals surface area contributed by atoms with Gasteiger partial charge in [-0.1, -0.05) is 54.6 Å². The summed E-state index contributed by atoms with van der Waals surface area (Å²) in [5, 5.41) is 8.80. The molecule has 2 rings (SSSR count). The van der Waals surface area contributed by atoms with Crippen LogP contribution in [-0.2, 0) is 24.1 Å². The van der Waals surface area contributed by atoms with Gasteiger partial charge in [-0.3, -0.25) is 4.79 Å². The average molecular weight is 283 g/mol. The van der Waals surface area contributed by atoms with Crippen molar-refractivity contribution in [2.75, 3.05) is 0 Å². The van der Waals surface area contributed by atoms with Crippen molar-refractivity contribution in [2.45, 2.75) is 31.7 Å². The van der Waals surface area contributed by atoms with Gasteiger partial charge in [0.15, 0.2) is 0 Å². The molecule has 3 heteroatoms. The fraction of sp³-hybridized carbons (Fsp3) is 0.278. The number of carboxylic acids is 1. The lowest BCUT2D eigenvalue weighted by atomic mass is 10.0. The number of carboxylic acid groups (broad SMARTS) is 1. The lowest BCUT2D eigenvalue weighted by Crippen LogP contribution is -2.32. The molecule has 0 aromatic heterocycles. The minimum Gasteiger partial charge on any atom is -0.480 e. The Balaban J connectivity index is 1.81. The van der Waals surface area contributed by atoms with Crippen LogP contribution in [0.1, 0.15) is 23.1 Å². The Morgan fingerprint density at radius 2 is 1.43 bits per heavy atom. The van der Waals surface area contributed by atoms with Gasteiger partial charge < -0.3 is 10.8 Å². The molecule has 2 aromatic carbocycles. The molecule has 3 N–H and O–H groups in total. The maximum absolute atomic E-state index is 10.7. The molecule has 3 nitrogen and oxygen atoms in total. The SMILES string of the molecule is N[C@@H](Cc1ccc(CCCc2ccccc2)cc1)C(=O)O. The van der Waals surface area contributed by atoms with Crippen LogP contribution in [0.5, 0.6) is 0 Å². The number of carbonyl (C=O) groups is 1. The van der Waals surface area contributed by atoms with E-state index >= 15 is 0 Å². The number of rotatable bonds is 7. The summed E-state index contributed by atoms with van der Waals surface area (Å²) in [5.74, 6) is -0.957. The van der Waals surface area contributed by atoms with Crippen molar-refractivity contribution in [3.05, 3.63) is 71.3 Å². The Morgan fingerprint density at radius 3 is 2.00 bits per heavy atom. The lowest BCUT2D eigenvalue weighted by molar-refractivity contribution is -0.138. The van der Waals surface area contributed by atoms with E-state index < -0.39 is 12.0 Å². The van der Waals surface area contributed by atoms with Gasteiger partial charge in [0.25, 0.3) is 0 Å². The second-order valence-electron chi connectivity index (χ2n) is 5.30. The summed E-state index contributed by atoms with van der Waals surface area (Å²) in [6, 6.07) is 17.7. The first-order valence-corrected chi connectivity index (χ1v) is 7.25. The molecular weight excluding hydrogens is 262 g/mol. The Labute approximate surface area is 125 Å². The molecule has 0 aliphatic carbocycles. The quantitative estimate of drug-likeness (QED) is 0.821. The molecule has 0 spiro atoms. The van der Waals surface area contributed by atoms with Crippen LogP contribution in [0.3, 0.4) is 0 Å². The highest BCUT2D eigenvalue weighted by Crippen LogP contribution is 2.11. The molecule has 0 aliphatic heterocycles. The summed E-state index contributed by atoms with van der Waals surface area (Å²) in [6.45, 7) is 0. The van der Waals surface area contributed by atoms with Crippen LogP contribution in [0.4, 0.5) is 0 Å². The lowest BCUT2D eigenvalue weighted by Gasteiger charge is -2.07. The molecule has 0 unspecified atom stereocenters. The van der Waals surface area contributed by atoms with Gasteiger partial charge in [0.05, 0.1) is 0 Å². The summed E-state index contributed by atoms with van der Waals surface area (Å²) in [4.78, 5) is 10.7. The van der Waals surface area contributed by atoms with Crippen molar-refractivity contribution in [1.82, 2.24) is 0 Å². The van der Waals surface area contributed by atoms with Crippen LogP contribution < -0.4 is 5.73 Å². The number of hydrogen-bond donors (Lipinski definition) is 2. The van der Waals surface area contributed by atoms with Gasteiger partial charge >= 0.3 is 5.97 Å². The van der Waals surface area contributed by atoms with Crippen molar-refractivity contribution < 1.29 is 9.90 Å². The number of hydrogen-bond acceptors (Lipinski definition) is 2. The molecule has 0 saturated carbocycles. The highest BCUT2D eigenvalue weighted by atomic mass is 16.4. The van der Waals surface area contributed by atoms with Gasteiger partial charge in [0, 0.05) is 0 Å². The molecule has 21 heavy (non-hydrogen) atoms. The molecule has 0 radical (unpaired) electrons. The first-order chi connectivity index (χ1) is 10.1. The third kappa shape index (κ3) is 5.04. The van der Waals surface area contributed by atoms with E-state index in [1.165, 1.54) is 11.1 Å². The molecule has 0 aliphatic rings. The molecular formula is C18H21NO2. The average Bonchev–Trinajstić information content (AvgIpc) is 2.50. The molecule has 0 fully saturated rings. The van der Waals surface area contributed by atoms with E-state index in [1.807, 2.05) is 18.2 Å². The standard InChI is InChI=1S/C18H21NO2/c19-17(18(20)21)13-16-11-9-15(10-12-16)8-4-7-14-5-2-1-3-6-14/h1-3,5-6,9-12,17H,4,7-8,13,19H2,(H,20,21)/t17-/m0/s1. The number of nitrogens with two attached hydrogens (primary N) is 1. The second-order valence-corrected chi connectivity index (χ2v) is 5.30. The van der Waals surface area contributed by atoms with E-state index in [0.717, 1.165) is 24.8 Å².